The van der Waals surface area contributed by atoms with Gasteiger partial charge in [-0.3, -0.25) is 0 Å². The van der Waals surface area contributed by atoms with E-state index in [1.54, 1.807) is 10.9 Å². The molecule has 7 atom stereocenters. The van der Waals surface area contributed by atoms with Gasteiger partial charge in [-0.25, -0.2) is 4.68 Å². The fraction of sp³-hybridized carbons (Fsp3) is 0.484. The normalized spacial score (nSPS) is 30.8. The molecule has 0 amide bonds. The van der Waals surface area contributed by atoms with Crippen LogP contribution in [0.1, 0.15) is 36.7 Å². The van der Waals surface area contributed by atoms with Crippen LogP contribution in [0.3, 0.4) is 0 Å². The Hall–Kier alpha value is -3.14. The van der Waals surface area contributed by atoms with Crippen LogP contribution in [0.5, 0.6) is 0 Å². The zero-order valence-electron chi connectivity index (χ0n) is 23.2. The van der Waals surface area contributed by atoms with E-state index in [1.165, 1.54) is 0 Å². The van der Waals surface area contributed by atoms with E-state index in [0.717, 1.165) is 11.1 Å². The minimum Gasteiger partial charge on any atom is -0.388 e. The van der Waals surface area contributed by atoms with Gasteiger partial charge in [0.15, 0.2) is 11.5 Å². The molecule has 0 radical (unpaired) electrons. The molecule has 216 valence electrons. The van der Waals surface area contributed by atoms with Crippen LogP contribution in [-0.4, -0.2) is 82.3 Å². The van der Waals surface area contributed by atoms with E-state index in [-0.39, 0.29) is 31.0 Å². The molecule has 3 aromatic rings. The van der Waals surface area contributed by atoms with E-state index in [1.807, 2.05) is 74.5 Å². The number of ether oxygens (including phenoxy) is 6. The Balaban J connectivity index is 1.14. The van der Waals surface area contributed by atoms with Crippen LogP contribution < -0.4 is 0 Å². The molecule has 41 heavy (non-hydrogen) atoms. The average Bonchev–Trinajstić information content (AvgIpc) is 3.77. The summed E-state index contributed by atoms with van der Waals surface area (Å²) in [5.74, 6) is 5.43. The summed E-state index contributed by atoms with van der Waals surface area (Å²) in [7, 11) is 0. The molecule has 10 nitrogen and oxygen atoms in total. The molecule has 0 bridgehead atoms. The lowest BCUT2D eigenvalue weighted by atomic mass is 10.0. The summed E-state index contributed by atoms with van der Waals surface area (Å²) in [5.41, 5.74) is 2.55. The van der Waals surface area contributed by atoms with Crippen molar-refractivity contribution in [2.24, 2.45) is 0 Å². The first-order valence-electron chi connectivity index (χ1n) is 13.9. The molecule has 0 aliphatic carbocycles. The lowest BCUT2D eigenvalue weighted by Crippen LogP contribution is -2.41. The molecule has 3 fully saturated rings. The Kier molecular flexibility index (Phi) is 8.46. The third-order valence-electron chi connectivity index (χ3n) is 7.45. The van der Waals surface area contributed by atoms with Crippen molar-refractivity contribution in [3.8, 4) is 11.8 Å². The van der Waals surface area contributed by atoms with Gasteiger partial charge in [-0.1, -0.05) is 71.8 Å². The first-order chi connectivity index (χ1) is 19.9. The summed E-state index contributed by atoms with van der Waals surface area (Å²) in [5, 5.41) is 19.0. The van der Waals surface area contributed by atoms with Gasteiger partial charge in [0.1, 0.15) is 42.7 Å². The van der Waals surface area contributed by atoms with E-state index in [4.69, 9.17) is 28.4 Å². The fourth-order valence-corrected chi connectivity index (χ4v) is 5.34. The van der Waals surface area contributed by atoms with Crippen LogP contribution in [-0.2, 0) is 41.6 Å². The smallest absolute Gasteiger partial charge is 0.163 e. The van der Waals surface area contributed by atoms with Gasteiger partial charge in [0, 0.05) is 0 Å². The Morgan fingerprint density at radius 1 is 0.927 bits per heavy atom. The number of hydrogen-bond donors (Lipinski definition) is 1. The van der Waals surface area contributed by atoms with Gasteiger partial charge in [-0.2, -0.15) is 0 Å². The molecule has 1 aromatic heterocycles. The number of nitrogens with zero attached hydrogens (tertiary/aromatic N) is 3. The standard InChI is InChI=1S/C31H35N3O7/c1-31(2)40-20-27(41-31)30-28(37-16-21-9-5-3-6-10-21)24(18-39-30)34-15-23(32-33-34)13-14-26-29(25(35)19-36-26)38-17-22-11-7-4-8-12-22/h3-12,15,24-30,35H,16-20H2,1-2H3/t24-,25+,26-,27-,28-,29-,30-/m0/s1. The van der Waals surface area contributed by atoms with Crippen LogP contribution in [0.25, 0.3) is 0 Å². The van der Waals surface area contributed by atoms with Crippen molar-refractivity contribution in [3.05, 3.63) is 83.7 Å². The van der Waals surface area contributed by atoms with Crippen LogP contribution in [0.4, 0.5) is 0 Å². The molecule has 2 aromatic carbocycles. The van der Waals surface area contributed by atoms with Crippen molar-refractivity contribution in [2.75, 3.05) is 19.8 Å². The predicted molar refractivity (Wildman–Crippen MR) is 146 cm³/mol. The quantitative estimate of drug-likeness (QED) is 0.416. The minimum atomic E-state index is -0.754. The highest BCUT2D eigenvalue weighted by atomic mass is 16.8. The highest BCUT2D eigenvalue weighted by molar-refractivity contribution is 5.27. The Bertz CT molecular complexity index is 1340. The number of aromatic nitrogens is 3. The lowest BCUT2D eigenvalue weighted by molar-refractivity contribution is -0.162. The van der Waals surface area contributed by atoms with Crippen molar-refractivity contribution in [2.45, 2.75) is 75.5 Å². The molecule has 10 heteroatoms. The SMILES string of the molecule is CC1(C)OC[C@@H]([C@@H]2OC[C@H](n3cc(C#C[C@@H]4OC[C@@H](O)[C@@H]4OCc4ccccc4)nn3)[C@@H]2OCc2ccccc2)O1. The topological polar surface area (TPSA) is 106 Å². The molecule has 0 spiro atoms. The average molecular weight is 562 g/mol. The maximum absolute atomic E-state index is 10.4. The maximum Gasteiger partial charge on any atom is 0.163 e. The number of benzene rings is 2. The minimum absolute atomic E-state index is 0.163. The molecule has 3 saturated heterocycles. The van der Waals surface area contributed by atoms with Gasteiger partial charge in [0.2, 0.25) is 0 Å². The van der Waals surface area contributed by atoms with E-state index in [0.29, 0.717) is 32.1 Å². The van der Waals surface area contributed by atoms with E-state index >= 15 is 0 Å². The van der Waals surface area contributed by atoms with E-state index in [9.17, 15) is 5.11 Å². The fourth-order valence-electron chi connectivity index (χ4n) is 5.34. The monoisotopic (exact) mass is 561 g/mol. The van der Waals surface area contributed by atoms with Crippen molar-refractivity contribution < 1.29 is 33.5 Å². The van der Waals surface area contributed by atoms with Crippen molar-refractivity contribution in [1.29, 1.82) is 0 Å². The highest BCUT2D eigenvalue weighted by Crippen LogP contribution is 2.35. The molecule has 1 N–H and O–H groups in total. The zero-order valence-corrected chi connectivity index (χ0v) is 23.2. The second-order valence-electron chi connectivity index (χ2n) is 10.9. The van der Waals surface area contributed by atoms with Gasteiger partial charge in [-0.15, -0.1) is 5.10 Å². The summed E-state index contributed by atoms with van der Waals surface area (Å²) in [6.45, 7) is 5.54. The number of aliphatic hydroxyl groups excluding tert-OH is 1. The van der Waals surface area contributed by atoms with Crippen LogP contribution in [0, 0.1) is 11.8 Å². The summed E-state index contributed by atoms with van der Waals surface area (Å²) >= 11 is 0. The molecule has 6 rings (SSSR count). The second-order valence-corrected chi connectivity index (χ2v) is 10.9. The summed E-state index contributed by atoms with van der Waals surface area (Å²) in [6.07, 6.45) is -1.06. The van der Waals surface area contributed by atoms with Crippen LogP contribution in [0.15, 0.2) is 66.9 Å². The Morgan fingerprint density at radius 2 is 1.61 bits per heavy atom. The maximum atomic E-state index is 10.4. The molecular formula is C31H35N3O7. The molecule has 3 aliphatic heterocycles. The highest BCUT2D eigenvalue weighted by Gasteiger charge is 2.49. The van der Waals surface area contributed by atoms with Crippen molar-refractivity contribution in [1.82, 2.24) is 15.0 Å². The number of rotatable bonds is 8. The predicted octanol–water partition coefficient (Wildman–Crippen LogP) is 2.65. The number of aliphatic hydroxyl groups is 1. The van der Waals surface area contributed by atoms with Gasteiger partial charge in [0.25, 0.3) is 0 Å². The van der Waals surface area contributed by atoms with Gasteiger partial charge >= 0.3 is 0 Å². The third-order valence-corrected chi connectivity index (χ3v) is 7.45. The largest absolute Gasteiger partial charge is 0.388 e. The van der Waals surface area contributed by atoms with E-state index in [2.05, 4.69) is 22.2 Å². The van der Waals surface area contributed by atoms with Gasteiger partial charge < -0.3 is 33.5 Å². The first-order valence-corrected chi connectivity index (χ1v) is 13.9. The third kappa shape index (κ3) is 6.68. The zero-order chi connectivity index (χ0) is 28.2. The van der Waals surface area contributed by atoms with Crippen LogP contribution >= 0.6 is 0 Å². The summed E-state index contributed by atoms with van der Waals surface area (Å²) < 4.78 is 38.0. The molecule has 0 saturated carbocycles. The Labute approximate surface area is 239 Å². The van der Waals surface area contributed by atoms with Gasteiger partial charge in [-0.05, 0) is 30.9 Å². The molecule has 4 heterocycles. The number of hydrogen-bond acceptors (Lipinski definition) is 9. The van der Waals surface area contributed by atoms with E-state index < -0.39 is 24.1 Å². The summed E-state index contributed by atoms with van der Waals surface area (Å²) in [6, 6.07) is 19.6. The Morgan fingerprint density at radius 3 is 2.27 bits per heavy atom. The summed E-state index contributed by atoms with van der Waals surface area (Å²) in [4.78, 5) is 0. The van der Waals surface area contributed by atoms with Crippen LogP contribution in [0.2, 0.25) is 0 Å². The molecule has 3 aliphatic rings. The lowest BCUT2D eigenvalue weighted by Gasteiger charge is -2.27. The second kappa shape index (κ2) is 12.4. The van der Waals surface area contributed by atoms with Crippen molar-refractivity contribution >= 4 is 0 Å². The molecule has 0 unspecified atom stereocenters. The molecular weight excluding hydrogens is 526 g/mol. The van der Waals surface area contributed by atoms with Gasteiger partial charge in [0.05, 0.1) is 39.2 Å². The first kappa shape index (κ1) is 28.0. The van der Waals surface area contributed by atoms with Crippen molar-refractivity contribution in [3.63, 3.8) is 0 Å².